The van der Waals surface area contributed by atoms with Gasteiger partial charge in [0.1, 0.15) is 11.4 Å². The fourth-order valence-electron chi connectivity index (χ4n) is 3.30. The molecular formula is C17H23ClN2O3. The number of nitrogens with one attached hydrogen (secondary N) is 1. The van der Waals surface area contributed by atoms with Crippen LogP contribution in [0.2, 0.25) is 5.02 Å². The van der Waals surface area contributed by atoms with Gasteiger partial charge in [0, 0.05) is 29.7 Å². The van der Waals surface area contributed by atoms with Crippen LogP contribution in [0.1, 0.15) is 37.7 Å². The maximum absolute atomic E-state index is 12.1. The van der Waals surface area contributed by atoms with Crippen LogP contribution in [-0.2, 0) is 11.3 Å². The molecule has 1 aromatic rings. The first-order valence-corrected chi connectivity index (χ1v) is 8.57. The number of nitrogens with zero attached hydrogens (tertiary/aromatic N) is 1. The lowest BCUT2D eigenvalue weighted by atomic mass is 9.79. The van der Waals surface area contributed by atoms with Gasteiger partial charge in [-0.1, -0.05) is 11.6 Å². The Kier molecular flexibility index (Phi) is 4.80. The monoisotopic (exact) mass is 338 g/mol. The van der Waals surface area contributed by atoms with E-state index < -0.39 is 5.60 Å². The Hall–Kier alpha value is -1.30. The van der Waals surface area contributed by atoms with Crippen molar-refractivity contribution in [3.8, 4) is 5.75 Å². The standard InChI is InChI=1S/C17H23ClN2O3/c18-13-4-5-15(21)12(9-13)10-20-8-1-3-14(11-20)19-16(22)17(23)6-2-7-17/h4-5,9,14,21,23H,1-3,6-8,10-11H2,(H,19,22)/t14-/m0/s1. The van der Waals surface area contributed by atoms with E-state index >= 15 is 0 Å². The topological polar surface area (TPSA) is 72.8 Å². The van der Waals surface area contributed by atoms with Crippen molar-refractivity contribution in [3.05, 3.63) is 28.8 Å². The Morgan fingerprint density at radius 1 is 1.39 bits per heavy atom. The largest absolute Gasteiger partial charge is 0.508 e. The quantitative estimate of drug-likeness (QED) is 0.785. The molecule has 23 heavy (non-hydrogen) atoms. The first-order chi connectivity index (χ1) is 11.0. The highest BCUT2D eigenvalue weighted by molar-refractivity contribution is 6.30. The SMILES string of the molecule is O=C(N[C@H]1CCCN(Cc2cc(Cl)ccc2O)C1)C1(O)CCC1. The van der Waals surface area contributed by atoms with E-state index in [0.29, 0.717) is 31.0 Å². The third-order valence-corrected chi connectivity index (χ3v) is 5.11. The number of hydrogen-bond acceptors (Lipinski definition) is 4. The zero-order chi connectivity index (χ0) is 16.4. The number of hydrogen-bond donors (Lipinski definition) is 3. The molecule has 1 heterocycles. The van der Waals surface area contributed by atoms with Crippen LogP contribution in [0.3, 0.4) is 0 Å². The third kappa shape index (κ3) is 3.79. The zero-order valence-corrected chi connectivity index (χ0v) is 13.9. The number of rotatable bonds is 4. The summed E-state index contributed by atoms with van der Waals surface area (Å²) in [5.41, 5.74) is -0.352. The van der Waals surface area contributed by atoms with Gasteiger partial charge >= 0.3 is 0 Å². The summed E-state index contributed by atoms with van der Waals surface area (Å²) < 4.78 is 0. The molecule has 126 valence electrons. The van der Waals surface area contributed by atoms with E-state index in [-0.39, 0.29) is 17.7 Å². The number of benzene rings is 1. The van der Waals surface area contributed by atoms with E-state index in [4.69, 9.17) is 11.6 Å². The molecule has 3 N–H and O–H groups in total. The summed E-state index contributed by atoms with van der Waals surface area (Å²) in [5.74, 6) is 0.00513. The second-order valence-corrected chi connectivity index (χ2v) is 7.14. The van der Waals surface area contributed by atoms with Gasteiger partial charge in [0.15, 0.2) is 0 Å². The molecule has 1 atom stereocenters. The lowest BCUT2D eigenvalue weighted by molar-refractivity contribution is -0.149. The molecule has 6 heteroatoms. The van der Waals surface area contributed by atoms with Crippen LogP contribution in [0.25, 0.3) is 0 Å². The van der Waals surface area contributed by atoms with Crippen LogP contribution >= 0.6 is 11.6 Å². The van der Waals surface area contributed by atoms with E-state index in [2.05, 4.69) is 10.2 Å². The van der Waals surface area contributed by atoms with Crippen molar-refractivity contribution in [1.82, 2.24) is 10.2 Å². The molecule has 1 saturated carbocycles. The van der Waals surface area contributed by atoms with Crippen molar-refractivity contribution in [3.63, 3.8) is 0 Å². The molecule has 2 aliphatic rings. The van der Waals surface area contributed by atoms with Crippen LogP contribution in [0.15, 0.2) is 18.2 Å². The zero-order valence-electron chi connectivity index (χ0n) is 13.1. The summed E-state index contributed by atoms with van der Waals surface area (Å²) in [5, 5.41) is 23.6. The van der Waals surface area contributed by atoms with Gasteiger partial charge in [-0.3, -0.25) is 9.69 Å². The lowest BCUT2D eigenvalue weighted by Crippen LogP contribution is -2.57. The Morgan fingerprint density at radius 2 is 2.17 bits per heavy atom. The molecule has 0 spiro atoms. The average Bonchev–Trinajstić information content (AvgIpc) is 2.49. The number of carbonyl (C=O) groups is 1. The van der Waals surface area contributed by atoms with E-state index in [9.17, 15) is 15.0 Å². The molecule has 0 bridgehead atoms. The van der Waals surface area contributed by atoms with Gasteiger partial charge in [-0.15, -0.1) is 0 Å². The van der Waals surface area contributed by atoms with Gasteiger partial charge < -0.3 is 15.5 Å². The highest BCUT2D eigenvalue weighted by Gasteiger charge is 2.42. The maximum atomic E-state index is 12.1. The molecule has 1 aliphatic carbocycles. The molecule has 0 aromatic heterocycles. The molecule has 5 nitrogen and oxygen atoms in total. The van der Waals surface area contributed by atoms with E-state index in [1.54, 1.807) is 18.2 Å². The van der Waals surface area contributed by atoms with E-state index in [1.807, 2.05) is 0 Å². The Labute approximate surface area is 141 Å². The summed E-state index contributed by atoms with van der Waals surface area (Å²) in [6.45, 7) is 2.24. The number of likely N-dealkylation sites (tertiary alicyclic amines) is 1. The third-order valence-electron chi connectivity index (χ3n) is 4.88. The summed E-state index contributed by atoms with van der Waals surface area (Å²) in [4.78, 5) is 14.3. The normalized spacial score (nSPS) is 24.0. The second kappa shape index (κ2) is 6.67. The van der Waals surface area contributed by atoms with Crippen LogP contribution in [0.4, 0.5) is 0 Å². The van der Waals surface area contributed by atoms with Crippen molar-refractivity contribution in [2.75, 3.05) is 13.1 Å². The predicted molar refractivity (Wildman–Crippen MR) is 88.4 cm³/mol. The van der Waals surface area contributed by atoms with E-state index in [1.165, 1.54) is 0 Å². The van der Waals surface area contributed by atoms with Crippen LogP contribution < -0.4 is 5.32 Å². The molecular weight excluding hydrogens is 316 g/mol. The number of amides is 1. The summed E-state index contributed by atoms with van der Waals surface area (Å²) in [6.07, 6.45) is 3.93. The van der Waals surface area contributed by atoms with Crippen LogP contribution in [0.5, 0.6) is 5.75 Å². The van der Waals surface area contributed by atoms with Gasteiger partial charge in [-0.2, -0.15) is 0 Å². The van der Waals surface area contributed by atoms with Crippen molar-refractivity contribution in [1.29, 1.82) is 0 Å². The number of aromatic hydroxyl groups is 1. The second-order valence-electron chi connectivity index (χ2n) is 6.71. The average molecular weight is 339 g/mol. The predicted octanol–water partition coefficient (Wildman–Crippen LogP) is 2.04. The Bertz CT molecular complexity index is 589. The molecule has 2 fully saturated rings. The summed E-state index contributed by atoms with van der Waals surface area (Å²) >= 11 is 5.99. The fourth-order valence-corrected chi connectivity index (χ4v) is 3.49. The first kappa shape index (κ1) is 16.6. The molecule has 3 rings (SSSR count). The minimum Gasteiger partial charge on any atom is -0.508 e. The number of piperidine rings is 1. The molecule has 0 radical (unpaired) electrons. The number of carbonyl (C=O) groups excluding carboxylic acids is 1. The lowest BCUT2D eigenvalue weighted by Gasteiger charge is -2.38. The van der Waals surface area contributed by atoms with Crippen molar-refractivity contribution in [2.24, 2.45) is 0 Å². The van der Waals surface area contributed by atoms with Crippen LogP contribution in [0, 0.1) is 0 Å². The molecule has 0 unspecified atom stereocenters. The first-order valence-electron chi connectivity index (χ1n) is 8.19. The highest BCUT2D eigenvalue weighted by atomic mass is 35.5. The number of phenols is 1. The van der Waals surface area contributed by atoms with Crippen molar-refractivity contribution >= 4 is 17.5 Å². The highest BCUT2D eigenvalue weighted by Crippen LogP contribution is 2.32. The Morgan fingerprint density at radius 3 is 2.87 bits per heavy atom. The Balaban J connectivity index is 1.57. The van der Waals surface area contributed by atoms with Gasteiger partial charge in [0.25, 0.3) is 5.91 Å². The molecule has 1 amide bonds. The van der Waals surface area contributed by atoms with E-state index in [0.717, 1.165) is 31.4 Å². The van der Waals surface area contributed by atoms with Gasteiger partial charge in [-0.25, -0.2) is 0 Å². The van der Waals surface area contributed by atoms with Gasteiger partial charge in [-0.05, 0) is 56.8 Å². The number of aliphatic hydroxyl groups is 1. The molecule has 1 saturated heterocycles. The minimum absolute atomic E-state index is 0.0437. The fraction of sp³-hybridized carbons (Fsp3) is 0.588. The summed E-state index contributed by atoms with van der Waals surface area (Å²) in [6, 6.07) is 5.09. The van der Waals surface area contributed by atoms with Gasteiger partial charge in [0.2, 0.25) is 0 Å². The number of halogens is 1. The minimum atomic E-state index is -1.15. The van der Waals surface area contributed by atoms with Crippen LogP contribution in [-0.4, -0.2) is 45.8 Å². The smallest absolute Gasteiger partial charge is 0.252 e. The van der Waals surface area contributed by atoms with Crippen molar-refractivity contribution in [2.45, 2.75) is 50.3 Å². The molecule has 1 aromatic carbocycles. The van der Waals surface area contributed by atoms with Gasteiger partial charge in [0.05, 0.1) is 0 Å². The maximum Gasteiger partial charge on any atom is 0.252 e. The van der Waals surface area contributed by atoms with Crippen molar-refractivity contribution < 1.29 is 15.0 Å². The molecule has 1 aliphatic heterocycles. The summed E-state index contributed by atoms with van der Waals surface area (Å²) in [7, 11) is 0. The number of phenolic OH excluding ortho intramolecular Hbond substituents is 1.